The molecule has 20 heavy (non-hydrogen) atoms. The molecule has 2 aliphatic heterocycles. The molecule has 2 saturated heterocycles. The molecule has 0 bridgehead atoms. The predicted molar refractivity (Wildman–Crippen MR) is 75.3 cm³/mol. The zero-order valence-electron chi connectivity index (χ0n) is 11.7. The van der Waals surface area contributed by atoms with Crippen LogP contribution in [0, 0.1) is 17.7 Å². The van der Waals surface area contributed by atoms with Gasteiger partial charge in [0.15, 0.2) is 0 Å². The molecule has 2 aliphatic rings. The van der Waals surface area contributed by atoms with Gasteiger partial charge >= 0.3 is 0 Å². The Hall–Kier alpha value is -1.13. The lowest BCUT2D eigenvalue weighted by Gasteiger charge is -2.34. The lowest BCUT2D eigenvalue weighted by molar-refractivity contribution is -0.00144. The standard InChI is InChI=1S/C16H22FNO2/c17-14-2-1-3-15(10-14)20-16(13-4-7-18-11-13)12-5-8-19-9-6-12/h1-3,10,12-13,16,18H,4-9,11H2/t13?,16-/m0/s1. The minimum atomic E-state index is -0.238. The summed E-state index contributed by atoms with van der Waals surface area (Å²) in [5.41, 5.74) is 0. The Morgan fingerprint density at radius 3 is 2.75 bits per heavy atom. The van der Waals surface area contributed by atoms with Crippen molar-refractivity contribution < 1.29 is 13.9 Å². The SMILES string of the molecule is Fc1cccc(O[C@@H](C2CCOCC2)C2CCNC2)c1. The summed E-state index contributed by atoms with van der Waals surface area (Å²) in [5.74, 6) is 1.43. The molecule has 3 rings (SSSR count). The van der Waals surface area contributed by atoms with Crippen LogP contribution in [-0.2, 0) is 4.74 Å². The Morgan fingerprint density at radius 2 is 2.05 bits per heavy atom. The Labute approximate surface area is 119 Å². The van der Waals surface area contributed by atoms with E-state index in [1.807, 2.05) is 6.07 Å². The smallest absolute Gasteiger partial charge is 0.126 e. The molecular formula is C16H22FNO2. The van der Waals surface area contributed by atoms with Gasteiger partial charge in [-0.2, -0.15) is 0 Å². The first kappa shape index (κ1) is 13.8. The Morgan fingerprint density at radius 1 is 1.20 bits per heavy atom. The zero-order chi connectivity index (χ0) is 13.8. The monoisotopic (exact) mass is 279 g/mol. The van der Waals surface area contributed by atoms with Crippen molar-refractivity contribution >= 4 is 0 Å². The van der Waals surface area contributed by atoms with E-state index in [4.69, 9.17) is 9.47 Å². The minimum Gasteiger partial charge on any atom is -0.490 e. The molecule has 0 aromatic heterocycles. The molecule has 1 unspecified atom stereocenters. The van der Waals surface area contributed by atoms with E-state index in [0.29, 0.717) is 17.6 Å². The van der Waals surface area contributed by atoms with Crippen LogP contribution in [0.1, 0.15) is 19.3 Å². The predicted octanol–water partition coefficient (Wildman–Crippen LogP) is 2.61. The van der Waals surface area contributed by atoms with Crippen LogP contribution in [0.15, 0.2) is 24.3 Å². The number of ether oxygens (including phenoxy) is 2. The van der Waals surface area contributed by atoms with Gasteiger partial charge in [-0.1, -0.05) is 6.07 Å². The summed E-state index contributed by atoms with van der Waals surface area (Å²) in [5, 5.41) is 3.40. The normalized spacial score (nSPS) is 25.6. The van der Waals surface area contributed by atoms with E-state index in [-0.39, 0.29) is 11.9 Å². The third-order valence-corrected chi connectivity index (χ3v) is 4.36. The second kappa shape index (κ2) is 6.55. The van der Waals surface area contributed by atoms with Gasteiger partial charge in [0.1, 0.15) is 17.7 Å². The maximum Gasteiger partial charge on any atom is 0.126 e. The lowest BCUT2D eigenvalue weighted by atomic mass is 9.85. The van der Waals surface area contributed by atoms with Crippen molar-refractivity contribution in [3.05, 3.63) is 30.1 Å². The van der Waals surface area contributed by atoms with Gasteiger partial charge in [-0.3, -0.25) is 0 Å². The molecule has 1 aromatic rings. The van der Waals surface area contributed by atoms with Crippen molar-refractivity contribution in [3.8, 4) is 5.75 Å². The topological polar surface area (TPSA) is 30.5 Å². The highest BCUT2D eigenvalue weighted by Gasteiger charge is 2.34. The number of benzene rings is 1. The molecule has 3 nitrogen and oxygen atoms in total. The van der Waals surface area contributed by atoms with E-state index in [1.165, 1.54) is 12.1 Å². The zero-order valence-corrected chi connectivity index (χ0v) is 11.7. The van der Waals surface area contributed by atoms with Gasteiger partial charge in [0.05, 0.1) is 0 Å². The van der Waals surface area contributed by atoms with Crippen molar-refractivity contribution in [3.63, 3.8) is 0 Å². The van der Waals surface area contributed by atoms with Gasteiger partial charge in [-0.25, -0.2) is 4.39 Å². The Balaban J connectivity index is 1.73. The van der Waals surface area contributed by atoms with Crippen LogP contribution in [0.4, 0.5) is 4.39 Å². The summed E-state index contributed by atoms with van der Waals surface area (Å²) < 4.78 is 25.0. The van der Waals surface area contributed by atoms with Gasteiger partial charge in [0.25, 0.3) is 0 Å². The molecule has 110 valence electrons. The van der Waals surface area contributed by atoms with Crippen LogP contribution in [0.2, 0.25) is 0 Å². The van der Waals surface area contributed by atoms with Crippen LogP contribution in [-0.4, -0.2) is 32.4 Å². The van der Waals surface area contributed by atoms with E-state index in [0.717, 1.165) is 45.6 Å². The second-order valence-electron chi connectivity index (χ2n) is 5.74. The van der Waals surface area contributed by atoms with Crippen molar-refractivity contribution in [2.24, 2.45) is 11.8 Å². The molecule has 2 atom stereocenters. The molecule has 0 radical (unpaired) electrons. The molecule has 2 fully saturated rings. The van der Waals surface area contributed by atoms with Crippen molar-refractivity contribution in [1.82, 2.24) is 5.32 Å². The fraction of sp³-hybridized carbons (Fsp3) is 0.625. The van der Waals surface area contributed by atoms with Crippen molar-refractivity contribution in [1.29, 1.82) is 0 Å². The van der Waals surface area contributed by atoms with Gasteiger partial charge in [0, 0.05) is 37.7 Å². The second-order valence-corrected chi connectivity index (χ2v) is 5.74. The molecule has 2 heterocycles. The van der Waals surface area contributed by atoms with Gasteiger partial charge in [-0.15, -0.1) is 0 Å². The summed E-state index contributed by atoms with van der Waals surface area (Å²) >= 11 is 0. The average Bonchev–Trinajstić information content (AvgIpc) is 3.00. The average molecular weight is 279 g/mol. The first-order chi connectivity index (χ1) is 9.83. The summed E-state index contributed by atoms with van der Waals surface area (Å²) in [4.78, 5) is 0. The number of hydrogen-bond donors (Lipinski definition) is 1. The molecule has 4 heteroatoms. The maximum atomic E-state index is 13.3. The summed E-state index contributed by atoms with van der Waals surface area (Å²) in [6.07, 6.45) is 3.38. The van der Waals surface area contributed by atoms with Gasteiger partial charge in [-0.05, 0) is 37.9 Å². The molecule has 0 aliphatic carbocycles. The van der Waals surface area contributed by atoms with Crippen LogP contribution < -0.4 is 10.1 Å². The first-order valence-corrected chi connectivity index (χ1v) is 7.53. The molecule has 1 aromatic carbocycles. The highest BCUT2D eigenvalue weighted by molar-refractivity contribution is 5.23. The van der Waals surface area contributed by atoms with Crippen molar-refractivity contribution in [2.75, 3.05) is 26.3 Å². The minimum absolute atomic E-state index is 0.163. The largest absolute Gasteiger partial charge is 0.490 e. The number of halogens is 1. The quantitative estimate of drug-likeness (QED) is 0.919. The van der Waals surface area contributed by atoms with Crippen molar-refractivity contribution in [2.45, 2.75) is 25.4 Å². The van der Waals surface area contributed by atoms with E-state index in [9.17, 15) is 4.39 Å². The van der Waals surface area contributed by atoms with Gasteiger partial charge < -0.3 is 14.8 Å². The fourth-order valence-corrected chi connectivity index (χ4v) is 3.28. The highest BCUT2D eigenvalue weighted by Crippen LogP contribution is 2.31. The lowest BCUT2D eigenvalue weighted by Crippen LogP contribution is -2.39. The summed E-state index contributed by atoms with van der Waals surface area (Å²) in [7, 11) is 0. The van der Waals surface area contributed by atoms with E-state index in [1.54, 1.807) is 6.07 Å². The molecule has 0 saturated carbocycles. The molecule has 1 N–H and O–H groups in total. The molecule has 0 spiro atoms. The van der Waals surface area contributed by atoms with Crippen LogP contribution in [0.3, 0.4) is 0 Å². The molecule has 0 amide bonds. The van der Waals surface area contributed by atoms with Crippen LogP contribution in [0.5, 0.6) is 5.75 Å². The first-order valence-electron chi connectivity index (χ1n) is 7.53. The van der Waals surface area contributed by atoms with Gasteiger partial charge in [0.2, 0.25) is 0 Å². The fourth-order valence-electron chi connectivity index (χ4n) is 3.28. The van der Waals surface area contributed by atoms with Crippen LogP contribution >= 0.6 is 0 Å². The highest BCUT2D eigenvalue weighted by atomic mass is 19.1. The van der Waals surface area contributed by atoms with E-state index in [2.05, 4.69) is 5.32 Å². The molecular weight excluding hydrogens is 257 g/mol. The summed E-state index contributed by atoms with van der Waals surface area (Å²) in [6, 6.07) is 6.48. The third-order valence-electron chi connectivity index (χ3n) is 4.36. The number of hydrogen-bond acceptors (Lipinski definition) is 3. The number of rotatable bonds is 4. The summed E-state index contributed by atoms with van der Waals surface area (Å²) in [6.45, 7) is 3.68. The van der Waals surface area contributed by atoms with Crippen LogP contribution in [0.25, 0.3) is 0 Å². The Bertz CT molecular complexity index is 428. The van der Waals surface area contributed by atoms with E-state index >= 15 is 0 Å². The Kier molecular flexibility index (Phi) is 4.53. The maximum absolute atomic E-state index is 13.3. The van der Waals surface area contributed by atoms with E-state index < -0.39 is 0 Å². The number of nitrogens with one attached hydrogen (secondary N) is 1. The third kappa shape index (κ3) is 3.30.